The van der Waals surface area contributed by atoms with Crippen LogP contribution in [0.3, 0.4) is 0 Å². The first-order valence-corrected chi connectivity index (χ1v) is 11.0. The van der Waals surface area contributed by atoms with Gasteiger partial charge in [0.15, 0.2) is 6.23 Å². The predicted molar refractivity (Wildman–Crippen MR) is 125 cm³/mol. The lowest BCUT2D eigenvalue weighted by molar-refractivity contribution is 0.100. The minimum absolute atomic E-state index is 0.326. The van der Waals surface area contributed by atoms with Crippen molar-refractivity contribution in [3.8, 4) is 0 Å². The molecule has 1 saturated heterocycles. The zero-order chi connectivity index (χ0) is 23.0. The van der Waals surface area contributed by atoms with Crippen molar-refractivity contribution in [1.82, 2.24) is 19.5 Å². The van der Waals surface area contributed by atoms with Crippen molar-refractivity contribution < 1.29 is 9.90 Å². The molecule has 0 radical (unpaired) electrons. The van der Waals surface area contributed by atoms with E-state index < -0.39 is 12.1 Å². The van der Waals surface area contributed by atoms with Crippen LogP contribution in [0.2, 0.25) is 0 Å². The number of primary amides is 1. The molecule has 9 nitrogen and oxygen atoms in total. The van der Waals surface area contributed by atoms with Gasteiger partial charge in [-0.1, -0.05) is 6.92 Å². The number of likely N-dealkylation sites (N-methyl/N-ethyl adjacent to an activating group) is 1. The first-order valence-electron chi connectivity index (χ1n) is 11.0. The lowest BCUT2D eigenvalue weighted by Gasteiger charge is -2.41. The third-order valence-electron chi connectivity index (χ3n) is 6.11. The van der Waals surface area contributed by atoms with Crippen molar-refractivity contribution in [2.24, 2.45) is 5.73 Å². The summed E-state index contributed by atoms with van der Waals surface area (Å²) in [6, 6.07) is 7.67. The molecule has 32 heavy (non-hydrogen) atoms. The van der Waals surface area contributed by atoms with Gasteiger partial charge in [-0.25, -0.2) is 4.52 Å². The molecule has 3 aromatic rings. The molecule has 2 aromatic heterocycles. The summed E-state index contributed by atoms with van der Waals surface area (Å²) in [4.78, 5) is 21.4. The average Bonchev–Trinajstić information content (AvgIpc) is 3.18. The van der Waals surface area contributed by atoms with Crippen molar-refractivity contribution in [1.29, 1.82) is 0 Å². The second kappa shape index (κ2) is 8.76. The summed E-state index contributed by atoms with van der Waals surface area (Å²) in [5.74, 6) is -0.549. The smallest absolute Gasteiger partial charge is 0.250 e. The highest BCUT2D eigenvalue weighted by Gasteiger charge is 2.24. The molecule has 0 bridgehead atoms. The Morgan fingerprint density at radius 2 is 2.09 bits per heavy atom. The van der Waals surface area contributed by atoms with E-state index in [9.17, 15) is 9.90 Å². The van der Waals surface area contributed by atoms with E-state index in [4.69, 9.17) is 5.73 Å². The van der Waals surface area contributed by atoms with Crippen molar-refractivity contribution in [3.05, 3.63) is 53.1 Å². The zero-order valence-corrected chi connectivity index (χ0v) is 19.0. The van der Waals surface area contributed by atoms with Crippen LogP contribution >= 0.6 is 0 Å². The number of anilines is 2. The van der Waals surface area contributed by atoms with Gasteiger partial charge in [-0.15, -0.1) is 0 Å². The Labute approximate surface area is 187 Å². The molecule has 2 atom stereocenters. The fourth-order valence-electron chi connectivity index (χ4n) is 4.41. The van der Waals surface area contributed by atoms with E-state index in [1.165, 1.54) is 0 Å². The van der Waals surface area contributed by atoms with E-state index >= 15 is 0 Å². The largest absolute Gasteiger partial charge is 0.368 e. The maximum absolute atomic E-state index is 12.2. The first-order chi connectivity index (χ1) is 15.3. The first kappa shape index (κ1) is 22.0. The number of rotatable bonds is 6. The Bertz CT molecular complexity index is 1140. The second-order valence-corrected chi connectivity index (χ2v) is 8.44. The van der Waals surface area contributed by atoms with E-state index in [2.05, 4.69) is 39.0 Å². The van der Waals surface area contributed by atoms with E-state index in [1.807, 2.05) is 26.1 Å². The quantitative estimate of drug-likeness (QED) is 0.506. The molecule has 1 fully saturated rings. The van der Waals surface area contributed by atoms with Crippen LogP contribution in [0.25, 0.3) is 5.52 Å². The van der Waals surface area contributed by atoms with Gasteiger partial charge in [-0.05, 0) is 51.6 Å². The van der Waals surface area contributed by atoms with Gasteiger partial charge in [0.2, 0.25) is 0 Å². The number of fused-ring (bicyclic) bond motifs is 1. The number of piperazine rings is 1. The topological polar surface area (TPSA) is 112 Å². The number of aliphatic hydroxyl groups excluding tert-OH is 1. The van der Waals surface area contributed by atoms with Gasteiger partial charge in [0, 0.05) is 37.1 Å². The molecule has 1 unspecified atom stereocenters. The van der Waals surface area contributed by atoms with Crippen molar-refractivity contribution in [2.75, 3.05) is 36.4 Å². The van der Waals surface area contributed by atoms with Crippen molar-refractivity contribution in [2.45, 2.75) is 40.0 Å². The SMILES string of the molecule is CCN1CCN(c2ccc(NC(O)c3cc4c(C)nc(C)cn4n3)c(C(N)=O)c2)[C@@H](C)C1. The van der Waals surface area contributed by atoms with Crippen LogP contribution in [-0.4, -0.2) is 62.7 Å². The summed E-state index contributed by atoms with van der Waals surface area (Å²) in [6.45, 7) is 12.0. The van der Waals surface area contributed by atoms with Gasteiger partial charge in [0.1, 0.15) is 5.69 Å². The van der Waals surface area contributed by atoms with Crippen LogP contribution in [0, 0.1) is 13.8 Å². The lowest BCUT2D eigenvalue weighted by Crippen LogP contribution is -2.51. The molecule has 1 aromatic carbocycles. The molecule has 0 aliphatic carbocycles. The van der Waals surface area contributed by atoms with Gasteiger partial charge >= 0.3 is 0 Å². The van der Waals surface area contributed by atoms with Crippen LogP contribution in [-0.2, 0) is 0 Å². The normalized spacial score (nSPS) is 18.2. The number of aryl methyl sites for hydroxylation is 2. The molecule has 1 aliphatic rings. The van der Waals surface area contributed by atoms with E-state index in [1.54, 1.807) is 22.7 Å². The second-order valence-electron chi connectivity index (χ2n) is 8.44. The molecular formula is C23H31N7O2. The minimum Gasteiger partial charge on any atom is -0.368 e. The monoisotopic (exact) mass is 437 g/mol. The Morgan fingerprint density at radius 1 is 1.31 bits per heavy atom. The van der Waals surface area contributed by atoms with E-state index in [-0.39, 0.29) is 0 Å². The molecule has 3 heterocycles. The number of aromatic nitrogens is 3. The number of carbonyl (C=O) groups excluding carboxylic acids is 1. The van der Waals surface area contributed by atoms with Crippen molar-refractivity contribution in [3.63, 3.8) is 0 Å². The minimum atomic E-state index is -1.11. The molecule has 1 amide bonds. The molecule has 170 valence electrons. The Hall–Kier alpha value is -3.17. The third-order valence-corrected chi connectivity index (χ3v) is 6.11. The molecule has 4 N–H and O–H groups in total. The third kappa shape index (κ3) is 4.26. The highest BCUT2D eigenvalue weighted by atomic mass is 16.3. The summed E-state index contributed by atoms with van der Waals surface area (Å²) in [7, 11) is 0. The molecule has 0 spiro atoms. The van der Waals surface area contributed by atoms with Gasteiger partial charge in [0.05, 0.1) is 28.7 Å². The Morgan fingerprint density at radius 3 is 2.78 bits per heavy atom. The lowest BCUT2D eigenvalue weighted by atomic mass is 10.1. The number of nitrogens with zero attached hydrogens (tertiary/aromatic N) is 5. The average molecular weight is 438 g/mol. The predicted octanol–water partition coefficient (Wildman–Crippen LogP) is 2.08. The van der Waals surface area contributed by atoms with Crippen LogP contribution in [0.1, 0.15) is 47.5 Å². The zero-order valence-electron chi connectivity index (χ0n) is 19.0. The molecule has 1 aliphatic heterocycles. The maximum Gasteiger partial charge on any atom is 0.250 e. The number of aliphatic hydroxyl groups is 1. The maximum atomic E-state index is 12.2. The fraction of sp³-hybridized carbons (Fsp3) is 0.435. The summed E-state index contributed by atoms with van der Waals surface area (Å²) in [5.41, 5.74) is 10.4. The molecule has 9 heteroatoms. The van der Waals surface area contributed by atoms with Crippen molar-refractivity contribution >= 4 is 22.8 Å². The molecule has 0 saturated carbocycles. The number of hydrogen-bond acceptors (Lipinski definition) is 7. The number of amides is 1. The van der Waals surface area contributed by atoms with Gasteiger partial charge in [0.25, 0.3) is 5.91 Å². The van der Waals surface area contributed by atoms with Crippen LogP contribution in [0.4, 0.5) is 11.4 Å². The summed E-state index contributed by atoms with van der Waals surface area (Å²) in [6.07, 6.45) is 0.701. The number of nitrogens with two attached hydrogens (primary N) is 1. The number of nitrogens with one attached hydrogen (secondary N) is 1. The fourth-order valence-corrected chi connectivity index (χ4v) is 4.41. The van der Waals surface area contributed by atoms with Gasteiger partial charge in [-0.3, -0.25) is 14.7 Å². The van der Waals surface area contributed by atoms with E-state index in [0.29, 0.717) is 23.0 Å². The van der Waals surface area contributed by atoms with Gasteiger partial charge < -0.3 is 21.1 Å². The Balaban J connectivity index is 1.58. The summed E-state index contributed by atoms with van der Waals surface area (Å²) < 4.78 is 1.70. The number of benzene rings is 1. The van der Waals surface area contributed by atoms with Crippen LogP contribution in [0.15, 0.2) is 30.5 Å². The summed E-state index contributed by atoms with van der Waals surface area (Å²) >= 11 is 0. The molecule has 4 rings (SSSR count). The van der Waals surface area contributed by atoms with Gasteiger partial charge in [-0.2, -0.15) is 5.10 Å². The van der Waals surface area contributed by atoms with E-state index in [0.717, 1.165) is 48.8 Å². The highest BCUT2D eigenvalue weighted by molar-refractivity contribution is 5.99. The standard InChI is InChI=1S/C23H31N7O2/c1-5-28-8-9-29(15(3)13-28)17-6-7-19(18(10-17)22(24)31)26-23(32)20-11-21-16(4)25-14(2)12-30(21)27-20/h6-7,10-12,15,23,26,32H,5,8-9,13H2,1-4H3,(H2,24,31)/t15-,23?/m0/s1. The number of hydrogen-bond donors (Lipinski definition) is 3. The molecular weight excluding hydrogens is 406 g/mol. The summed E-state index contributed by atoms with van der Waals surface area (Å²) in [5, 5.41) is 18.2. The van der Waals surface area contributed by atoms with Crippen LogP contribution in [0.5, 0.6) is 0 Å². The Kier molecular flexibility index (Phi) is 6.03. The number of carbonyl (C=O) groups is 1. The highest BCUT2D eigenvalue weighted by Crippen LogP contribution is 2.28. The van der Waals surface area contributed by atoms with Crippen LogP contribution < -0.4 is 16.0 Å².